The van der Waals surface area contributed by atoms with Crippen LogP contribution in [0.4, 0.5) is 11.4 Å². The first kappa shape index (κ1) is 21.4. The highest BCUT2D eigenvalue weighted by Crippen LogP contribution is 2.34. The van der Waals surface area contributed by atoms with Gasteiger partial charge in [0.15, 0.2) is 6.29 Å². The van der Waals surface area contributed by atoms with Crippen molar-refractivity contribution in [2.45, 2.75) is 13.8 Å². The fraction of sp³-hybridized carbons (Fsp3) is 0.240. The molecule has 1 aliphatic rings. The lowest BCUT2D eigenvalue weighted by atomic mass is 9.98. The molecule has 1 amide bonds. The Labute approximate surface area is 186 Å². The Kier molecular flexibility index (Phi) is 5.57. The molecule has 0 saturated carbocycles. The van der Waals surface area contributed by atoms with Gasteiger partial charge in [0.2, 0.25) is 0 Å². The van der Waals surface area contributed by atoms with E-state index in [2.05, 4.69) is 5.32 Å². The number of carbonyl (C=O) groups is 2. The first-order chi connectivity index (χ1) is 15.3. The summed E-state index contributed by atoms with van der Waals surface area (Å²) in [7, 11) is 3.34. The normalized spacial score (nSPS) is 13.2. The predicted molar refractivity (Wildman–Crippen MR) is 125 cm³/mol. The average molecular weight is 431 g/mol. The average Bonchev–Trinajstić information content (AvgIpc) is 2.94. The maximum absolute atomic E-state index is 13.5. The predicted octanol–water partition coefficient (Wildman–Crippen LogP) is 3.56. The van der Waals surface area contributed by atoms with Gasteiger partial charge in [-0.1, -0.05) is 12.1 Å². The van der Waals surface area contributed by atoms with Gasteiger partial charge in [-0.15, -0.1) is 0 Å². The molecule has 7 heteroatoms. The van der Waals surface area contributed by atoms with E-state index in [1.54, 1.807) is 37.3 Å². The van der Waals surface area contributed by atoms with E-state index >= 15 is 0 Å². The third-order valence-electron chi connectivity index (χ3n) is 5.90. The number of rotatable bonds is 4. The number of nitrogens with one attached hydrogen (secondary N) is 1. The van der Waals surface area contributed by atoms with Gasteiger partial charge in [-0.05, 0) is 54.8 Å². The molecule has 1 aromatic heterocycles. The molecular weight excluding hydrogens is 406 g/mol. The molecule has 2 aromatic carbocycles. The number of fused-ring (bicyclic) bond motifs is 1. The zero-order valence-corrected chi connectivity index (χ0v) is 18.6. The summed E-state index contributed by atoms with van der Waals surface area (Å²) >= 11 is 0. The molecule has 164 valence electrons. The number of hydrogen-bond acceptors (Lipinski definition) is 5. The fourth-order valence-corrected chi connectivity index (χ4v) is 4.00. The van der Waals surface area contributed by atoms with Crippen LogP contribution in [0.2, 0.25) is 0 Å². The molecule has 4 rings (SSSR count). The molecule has 7 nitrogen and oxygen atoms in total. The van der Waals surface area contributed by atoms with Gasteiger partial charge in [-0.3, -0.25) is 14.4 Å². The van der Waals surface area contributed by atoms with E-state index in [4.69, 9.17) is 4.74 Å². The van der Waals surface area contributed by atoms with Crippen LogP contribution in [0.3, 0.4) is 0 Å². The van der Waals surface area contributed by atoms with Gasteiger partial charge in [0, 0.05) is 31.4 Å². The molecule has 0 aliphatic carbocycles. The van der Waals surface area contributed by atoms with Crippen molar-refractivity contribution in [2.24, 2.45) is 7.05 Å². The van der Waals surface area contributed by atoms with Gasteiger partial charge in [-0.25, -0.2) is 0 Å². The lowest BCUT2D eigenvalue weighted by Crippen LogP contribution is -2.33. The Balaban J connectivity index is 1.86. The van der Waals surface area contributed by atoms with Crippen LogP contribution in [0.15, 0.2) is 47.4 Å². The number of hydrogen-bond donors (Lipinski definition) is 1. The summed E-state index contributed by atoms with van der Waals surface area (Å²) in [6.45, 7) is 4.56. The second-order valence-electron chi connectivity index (χ2n) is 7.90. The number of aryl methyl sites for hydroxylation is 3. The Hall–Kier alpha value is -3.87. The van der Waals surface area contributed by atoms with Crippen molar-refractivity contribution in [1.29, 1.82) is 0 Å². The molecule has 3 aromatic rings. The zero-order valence-electron chi connectivity index (χ0n) is 18.6. The highest BCUT2D eigenvalue weighted by Gasteiger charge is 2.28. The van der Waals surface area contributed by atoms with Crippen LogP contribution in [-0.4, -0.2) is 37.0 Å². The van der Waals surface area contributed by atoms with E-state index in [9.17, 15) is 14.4 Å². The third-order valence-corrected chi connectivity index (χ3v) is 5.90. The maximum Gasteiger partial charge on any atom is 0.273 e. The topological polar surface area (TPSA) is 80.6 Å². The minimum Gasteiger partial charge on any atom is -0.491 e. The number of carbonyl (C=O) groups excluding carboxylic acids is 2. The zero-order chi connectivity index (χ0) is 23.0. The molecule has 2 heterocycles. The summed E-state index contributed by atoms with van der Waals surface area (Å²) in [6, 6.07) is 10.8. The van der Waals surface area contributed by atoms with Gasteiger partial charge >= 0.3 is 0 Å². The fourth-order valence-electron chi connectivity index (χ4n) is 4.00. The number of nitrogens with zero attached hydrogens (tertiary/aromatic N) is 2. The minimum absolute atomic E-state index is 0.165. The van der Waals surface area contributed by atoms with Crippen molar-refractivity contribution >= 4 is 23.6 Å². The number of pyridine rings is 1. The summed E-state index contributed by atoms with van der Waals surface area (Å²) in [4.78, 5) is 39.6. The van der Waals surface area contributed by atoms with Crippen LogP contribution in [0.1, 0.15) is 31.8 Å². The van der Waals surface area contributed by atoms with Gasteiger partial charge in [0.05, 0.1) is 17.8 Å². The van der Waals surface area contributed by atoms with Crippen molar-refractivity contribution in [2.75, 3.05) is 30.4 Å². The van der Waals surface area contributed by atoms with Gasteiger partial charge < -0.3 is 19.5 Å². The maximum atomic E-state index is 13.5. The van der Waals surface area contributed by atoms with Crippen LogP contribution >= 0.6 is 0 Å². The van der Waals surface area contributed by atoms with Crippen molar-refractivity contribution in [3.05, 3.63) is 75.2 Å². The minimum atomic E-state index is -0.211. The first-order valence-corrected chi connectivity index (χ1v) is 10.4. The van der Waals surface area contributed by atoms with E-state index in [0.29, 0.717) is 52.5 Å². The second kappa shape index (κ2) is 8.34. The molecule has 0 unspecified atom stereocenters. The van der Waals surface area contributed by atoms with Crippen LogP contribution in [0.25, 0.3) is 11.1 Å². The van der Waals surface area contributed by atoms with Crippen LogP contribution in [-0.2, 0) is 7.05 Å². The van der Waals surface area contributed by atoms with Gasteiger partial charge in [0.1, 0.15) is 18.0 Å². The SMILES string of the molecule is CNc1cc(-c2cccc(N3CCOc4cc(C)c(C)cc4C3=O)c2C=O)cn(C)c1=O. The molecular formula is C25H25N3O4. The molecule has 0 saturated heterocycles. The first-order valence-electron chi connectivity index (χ1n) is 10.4. The molecule has 1 N–H and O–H groups in total. The molecule has 32 heavy (non-hydrogen) atoms. The van der Waals surface area contributed by atoms with Crippen LogP contribution in [0, 0.1) is 13.8 Å². The van der Waals surface area contributed by atoms with E-state index in [0.717, 1.165) is 17.4 Å². The summed E-state index contributed by atoms with van der Waals surface area (Å²) in [6.07, 6.45) is 2.44. The van der Waals surface area contributed by atoms with Crippen molar-refractivity contribution in [3.63, 3.8) is 0 Å². The van der Waals surface area contributed by atoms with Crippen molar-refractivity contribution in [1.82, 2.24) is 4.57 Å². The van der Waals surface area contributed by atoms with Crippen LogP contribution < -0.4 is 20.5 Å². The lowest BCUT2D eigenvalue weighted by Gasteiger charge is -2.23. The van der Waals surface area contributed by atoms with E-state index in [1.165, 1.54) is 4.57 Å². The standard InChI is InChI=1S/C25H25N3O4/c1-15-10-19-23(11-16(15)2)32-9-8-28(24(19)30)22-7-5-6-18(20(22)14-29)17-12-21(26-3)25(31)27(4)13-17/h5-7,10-14,26H,8-9H2,1-4H3. The van der Waals surface area contributed by atoms with E-state index in [-0.39, 0.29) is 11.5 Å². The molecule has 1 aliphatic heterocycles. The van der Waals surface area contributed by atoms with Gasteiger partial charge in [0.25, 0.3) is 11.5 Å². The summed E-state index contributed by atoms with van der Waals surface area (Å²) in [5.74, 6) is 0.346. The molecule has 0 bridgehead atoms. The Morgan fingerprint density at radius 1 is 1.06 bits per heavy atom. The smallest absolute Gasteiger partial charge is 0.273 e. The summed E-state index contributed by atoms with van der Waals surface area (Å²) in [5, 5.41) is 2.90. The number of ether oxygens (including phenoxy) is 1. The van der Waals surface area contributed by atoms with Crippen LogP contribution in [0.5, 0.6) is 5.75 Å². The monoisotopic (exact) mass is 431 g/mol. The summed E-state index contributed by atoms with van der Waals surface area (Å²) < 4.78 is 7.32. The highest BCUT2D eigenvalue weighted by atomic mass is 16.5. The number of aldehydes is 1. The van der Waals surface area contributed by atoms with E-state index in [1.807, 2.05) is 38.1 Å². The number of anilines is 2. The number of aromatic nitrogens is 1. The third kappa shape index (κ3) is 3.56. The molecule has 0 fully saturated rings. The quantitative estimate of drug-likeness (QED) is 0.639. The summed E-state index contributed by atoms with van der Waals surface area (Å²) in [5.41, 5.74) is 5.02. The number of benzene rings is 2. The Morgan fingerprint density at radius 2 is 1.81 bits per heavy atom. The van der Waals surface area contributed by atoms with Crippen molar-refractivity contribution < 1.29 is 14.3 Å². The Bertz CT molecular complexity index is 1290. The Morgan fingerprint density at radius 3 is 2.53 bits per heavy atom. The van der Waals surface area contributed by atoms with Gasteiger partial charge in [-0.2, -0.15) is 0 Å². The number of amides is 1. The molecule has 0 atom stereocenters. The highest BCUT2D eigenvalue weighted by molar-refractivity contribution is 6.11. The lowest BCUT2D eigenvalue weighted by molar-refractivity contribution is 0.0989. The second-order valence-corrected chi connectivity index (χ2v) is 7.90. The van der Waals surface area contributed by atoms with Crippen molar-refractivity contribution in [3.8, 4) is 16.9 Å². The largest absolute Gasteiger partial charge is 0.491 e. The molecule has 0 radical (unpaired) electrons. The van der Waals surface area contributed by atoms with E-state index < -0.39 is 0 Å². The molecule has 0 spiro atoms.